The van der Waals surface area contributed by atoms with E-state index in [1.807, 2.05) is 30.3 Å². The van der Waals surface area contributed by atoms with Crippen LogP contribution in [0.2, 0.25) is 0 Å². The number of alkyl halides is 2. The Hall–Kier alpha value is -2.37. The van der Waals surface area contributed by atoms with E-state index in [-0.39, 0.29) is 24.1 Å². The molecule has 1 aromatic heterocycles. The molecular weight excluding hydrogens is 254 g/mol. The average molecular weight is 266 g/mol. The second-order valence-electron chi connectivity index (χ2n) is 3.70. The van der Waals surface area contributed by atoms with Gasteiger partial charge < -0.3 is 15.2 Å². The maximum atomic E-state index is 12.1. The molecule has 0 bridgehead atoms. The number of nitrogen functional groups attached to an aromatic ring is 1. The minimum absolute atomic E-state index is 0.0346. The molecule has 0 saturated heterocycles. The van der Waals surface area contributed by atoms with E-state index >= 15 is 0 Å². The van der Waals surface area contributed by atoms with Gasteiger partial charge in [0.1, 0.15) is 6.61 Å². The first-order chi connectivity index (χ1) is 9.15. The van der Waals surface area contributed by atoms with Gasteiger partial charge in [0.15, 0.2) is 0 Å². The van der Waals surface area contributed by atoms with Gasteiger partial charge in [0, 0.05) is 6.07 Å². The van der Waals surface area contributed by atoms with Crippen LogP contribution in [0.15, 0.2) is 42.5 Å². The van der Waals surface area contributed by atoms with Crippen molar-refractivity contribution in [2.24, 2.45) is 0 Å². The predicted molar refractivity (Wildman–Crippen MR) is 66.1 cm³/mol. The van der Waals surface area contributed by atoms with Crippen molar-refractivity contribution < 1.29 is 18.3 Å². The van der Waals surface area contributed by atoms with E-state index in [1.165, 1.54) is 12.1 Å². The summed E-state index contributed by atoms with van der Waals surface area (Å²) in [5.74, 6) is -0.158. The number of halogens is 2. The summed E-state index contributed by atoms with van der Waals surface area (Å²) in [6.45, 7) is -2.69. The summed E-state index contributed by atoms with van der Waals surface area (Å²) in [6, 6.07) is 12.3. The summed E-state index contributed by atoms with van der Waals surface area (Å²) in [6.07, 6.45) is 0. The first-order valence-electron chi connectivity index (χ1n) is 5.53. The lowest BCUT2D eigenvalue weighted by atomic mass is 10.2. The number of rotatable bonds is 5. The van der Waals surface area contributed by atoms with Crippen LogP contribution in [0.1, 0.15) is 5.56 Å². The molecule has 0 unspecified atom stereocenters. The van der Waals surface area contributed by atoms with Gasteiger partial charge in [-0.15, -0.1) is 0 Å². The van der Waals surface area contributed by atoms with E-state index in [4.69, 9.17) is 10.5 Å². The summed E-state index contributed by atoms with van der Waals surface area (Å²) in [5, 5.41) is 0. The van der Waals surface area contributed by atoms with Gasteiger partial charge in [0.25, 0.3) is 0 Å². The van der Waals surface area contributed by atoms with Crippen LogP contribution in [0.5, 0.6) is 11.8 Å². The standard InChI is InChI=1S/C13H12F2N2O2/c14-13(15)19-12-10(16)6-7-11(17-12)18-8-9-4-2-1-3-5-9/h1-7,13H,8,16H2. The lowest BCUT2D eigenvalue weighted by Gasteiger charge is -2.09. The van der Waals surface area contributed by atoms with Crippen molar-refractivity contribution in [3.05, 3.63) is 48.0 Å². The first-order valence-corrected chi connectivity index (χ1v) is 5.53. The zero-order chi connectivity index (χ0) is 13.7. The fourth-order valence-electron chi connectivity index (χ4n) is 1.42. The lowest BCUT2D eigenvalue weighted by Crippen LogP contribution is -2.07. The number of hydrogen-bond donors (Lipinski definition) is 1. The Morgan fingerprint density at radius 2 is 1.84 bits per heavy atom. The SMILES string of the molecule is Nc1ccc(OCc2ccccc2)nc1OC(F)F. The Bertz CT molecular complexity index is 535. The van der Waals surface area contributed by atoms with Gasteiger partial charge in [0.05, 0.1) is 5.69 Å². The highest BCUT2D eigenvalue weighted by Gasteiger charge is 2.11. The van der Waals surface area contributed by atoms with Crippen molar-refractivity contribution in [2.75, 3.05) is 5.73 Å². The number of aromatic nitrogens is 1. The third-order valence-corrected chi connectivity index (χ3v) is 2.29. The first kappa shape index (κ1) is 13.1. The Morgan fingerprint density at radius 1 is 1.11 bits per heavy atom. The predicted octanol–water partition coefficient (Wildman–Crippen LogP) is 2.84. The van der Waals surface area contributed by atoms with Crippen LogP contribution >= 0.6 is 0 Å². The van der Waals surface area contributed by atoms with Crippen LogP contribution in [0, 0.1) is 0 Å². The van der Waals surface area contributed by atoms with Gasteiger partial charge in [0.2, 0.25) is 11.8 Å². The minimum Gasteiger partial charge on any atom is -0.473 e. The number of anilines is 1. The molecule has 2 N–H and O–H groups in total. The van der Waals surface area contributed by atoms with Crippen molar-refractivity contribution in [1.29, 1.82) is 0 Å². The quantitative estimate of drug-likeness (QED) is 0.904. The number of pyridine rings is 1. The minimum atomic E-state index is -2.97. The Balaban J connectivity index is 2.04. The molecule has 2 aromatic rings. The maximum Gasteiger partial charge on any atom is 0.388 e. The van der Waals surface area contributed by atoms with Crippen LogP contribution in [-0.4, -0.2) is 11.6 Å². The second-order valence-corrected chi connectivity index (χ2v) is 3.70. The summed E-state index contributed by atoms with van der Waals surface area (Å²) in [4.78, 5) is 3.78. The zero-order valence-electron chi connectivity index (χ0n) is 9.92. The molecule has 1 heterocycles. The summed E-state index contributed by atoms with van der Waals surface area (Å²) in [5.41, 5.74) is 6.45. The third kappa shape index (κ3) is 3.80. The number of benzene rings is 1. The van der Waals surface area contributed by atoms with Gasteiger partial charge in [-0.2, -0.15) is 13.8 Å². The molecular formula is C13H12F2N2O2. The van der Waals surface area contributed by atoms with Crippen LogP contribution in [0.3, 0.4) is 0 Å². The van der Waals surface area contributed by atoms with E-state index < -0.39 is 6.61 Å². The van der Waals surface area contributed by atoms with Gasteiger partial charge >= 0.3 is 6.61 Å². The van der Waals surface area contributed by atoms with Crippen molar-refractivity contribution in [2.45, 2.75) is 13.2 Å². The highest BCUT2D eigenvalue weighted by atomic mass is 19.3. The second kappa shape index (κ2) is 5.99. The fourth-order valence-corrected chi connectivity index (χ4v) is 1.42. The van der Waals surface area contributed by atoms with E-state index in [0.717, 1.165) is 5.56 Å². The molecule has 0 amide bonds. The lowest BCUT2D eigenvalue weighted by molar-refractivity contribution is -0.0525. The average Bonchev–Trinajstić information content (AvgIpc) is 2.40. The monoisotopic (exact) mass is 266 g/mol. The third-order valence-electron chi connectivity index (χ3n) is 2.29. The Kier molecular flexibility index (Phi) is 4.12. The van der Waals surface area contributed by atoms with Gasteiger partial charge in [-0.1, -0.05) is 30.3 Å². The smallest absolute Gasteiger partial charge is 0.388 e. The molecule has 0 aliphatic heterocycles. The van der Waals surface area contributed by atoms with Crippen molar-refractivity contribution in [3.8, 4) is 11.8 Å². The molecule has 100 valence electrons. The molecule has 6 heteroatoms. The number of nitrogens with two attached hydrogens (primary N) is 1. The van der Waals surface area contributed by atoms with Crippen molar-refractivity contribution in [3.63, 3.8) is 0 Å². The van der Waals surface area contributed by atoms with E-state index in [0.29, 0.717) is 0 Å². The number of ether oxygens (including phenoxy) is 2. The van der Waals surface area contributed by atoms with Crippen molar-refractivity contribution >= 4 is 5.69 Å². The molecule has 2 rings (SSSR count). The van der Waals surface area contributed by atoms with Crippen molar-refractivity contribution in [1.82, 2.24) is 4.98 Å². The molecule has 19 heavy (non-hydrogen) atoms. The molecule has 0 saturated carbocycles. The summed E-state index contributed by atoms with van der Waals surface area (Å²) < 4.78 is 33.8. The van der Waals surface area contributed by atoms with Gasteiger partial charge in [-0.25, -0.2) is 0 Å². The molecule has 0 aliphatic rings. The number of nitrogens with zero attached hydrogens (tertiary/aromatic N) is 1. The maximum absolute atomic E-state index is 12.1. The molecule has 0 aliphatic carbocycles. The normalized spacial score (nSPS) is 10.5. The van der Waals surface area contributed by atoms with Crippen LogP contribution < -0.4 is 15.2 Å². The van der Waals surface area contributed by atoms with E-state index in [2.05, 4.69) is 9.72 Å². The largest absolute Gasteiger partial charge is 0.473 e. The summed E-state index contributed by atoms with van der Waals surface area (Å²) in [7, 11) is 0. The number of hydrogen-bond acceptors (Lipinski definition) is 4. The van der Waals surface area contributed by atoms with Gasteiger partial charge in [-0.3, -0.25) is 0 Å². The molecule has 0 spiro atoms. The van der Waals surface area contributed by atoms with Gasteiger partial charge in [-0.05, 0) is 11.6 Å². The van der Waals surface area contributed by atoms with Crippen LogP contribution in [0.25, 0.3) is 0 Å². The Labute approximate surface area is 108 Å². The summed E-state index contributed by atoms with van der Waals surface area (Å²) >= 11 is 0. The zero-order valence-corrected chi connectivity index (χ0v) is 9.92. The Morgan fingerprint density at radius 3 is 2.53 bits per heavy atom. The molecule has 0 radical (unpaired) electrons. The molecule has 4 nitrogen and oxygen atoms in total. The molecule has 1 aromatic carbocycles. The molecule has 0 atom stereocenters. The van der Waals surface area contributed by atoms with Crippen LogP contribution in [0.4, 0.5) is 14.5 Å². The highest BCUT2D eigenvalue weighted by Crippen LogP contribution is 2.24. The highest BCUT2D eigenvalue weighted by molar-refractivity contribution is 5.49. The fraction of sp³-hybridized carbons (Fsp3) is 0.154. The van der Waals surface area contributed by atoms with E-state index in [9.17, 15) is 8.78 Å². The van der Waals surface area contributed by atoms with Crippen LogP contribution in [-0.2, 0) is 6.61 Å². The topological polar surface area (TPSA) is 57.4 Å². The van der Waals surface area contributed by atoms with E-state index in [1.54, 1.807) is 0 Å². The molecule has 0 fully saturated rings.